The summed E-state index contributed by atoms with van der Waals surface area (Å²) in [6.45, 7) is 2.72. The van der Waals surface area contributed by atoms with Gasteiger partial charge in [-0.2, -0.15) is 0 Å². The van der Waals surface area contributed by atoms with Crippen LogP contribution in [0.4, 0.5) is 5.69 Å². The van der Waals surface area contributed by atoms with Crippen LogP contribution in [0.5, 0.6) is 0 Å². The number of aryl methyl sites for hydroxylation is 1. The zero-order valence-corrected chi connectivity index (χ0v) is 9.62. The average Bonchev–Trinajstić information content (AvgIpc) is 3.06. The van der Waals surface area contributed by atoms with Gasteiger partial charge in [0.1, 0.15) is 0 Å². The number of nitrogens with two attached hydrogens (primary N) is 1. The Labute approximate surface area is 96.0 Å². The zero-order chi connectivity index (χ0) is 11.5. The smallest absolute Gasteiger partial charge is 0.164 e. The van der Waals surface area contributed by atoms with Crippen LogP contribution >= 0.6 is 0 Å². The number of hydrogen-bond acceptors (Lipinski definition) is 3. The number of ketones is 1. The molecule has 0 radical (unpaired) electrons. The van der Waals surface area contributed by atoms with Crippen molar-refractivity contribution < 1.29 is 4.79 Å². The van der Waals surface area contributed by atoms with Crippen molar-refractivity contribution >= 4 is 11.5 Å². The highest BCUT2D eigenvalue weighted by Crippen LogP contribution is 2.18. The number of anilines is 1. The van der Waals surface area contributed by atoms with Crippen molar-refractivity contribution in [1.82, 2.24) is 5.32 Å². The van der Waals surface area contributed by atoms with E-state index in [1.54, 1.807) is 6.07 Å². The number of nitrogens with one attached hydrogen (secondary N) is 1. The Morgan fingerprint density at radius 3 is 2.88 bits per heavy atom. The summed E-state index contributed by atoms with van der Waals surface area (Å²) in [6, 6.07) is 6.19. The van der Waals surface area contributed by atoms with E-state index in [2.05, 4.69) is 5.32 Å². The van der Waals surface area contributed by atoms with E-state index in [0.717, 1.165) is 17.7 Å². The molecule has 2 rings (SSSR count). The third kappa shape index (κ3) is 2.83. The van der Waals surface area contributed by atoms with Crippen molar-refractivity contribution in [2.45, 2.75) is 32.2 Å². The molecule has 0 heterocycles. The molecule has 1 fully saturated rings. The van der Waals surface area contributed by atoms with Crippen molar-refractivity contribution in [1.29, 1.82) is 0 Å². The molecule has 1 saturated carbocycles. The van der Waals surface area contributed by atoms with E-state index >= 15 is 0 Å². The van der Waals surface area contributed by atoms with Gasteiger partial charge in [0.2, 0.25) is 0 Å². The molecule has 1 aliphatic rings. The van der Waals surface area contributed by atoms with E-state index < -0.39 is 0 Å². The lowest BCUT2D eigenvalue weighted by Gasteiger charge is -2.05. The summed E-state index contributed by atoms with van der Waals surface area (Å²) < 4.78 is 0. The van der Waals surface area contributed by atoms with Crippen molar-refractivity contribution in [2.24, 2.45) is 0 Å². The number of carbonyl (C=O) groups excluding carboxylic acids is 1. The Hall–Kier alpha value is -1.35. The van der Waals surface area contributed by atoms with Crippen molar-refractivity contribution in [3.63, 3.8) is 0 Å². The van der Waals surface area contributed by atoms with Gasteiger partial charge in [0, 0.05) is 30.3 Å². The van der Waals surface area contributed by atoms with Gasteiger partial charge in [-0.15, -0.1) is 0 Å². The zero-order valence-electron chi connectivity index (χ0n) is 9.62. The molecule has 0 spiro atoms. The van der Waals surface area contributed by atoms with Crippen LogP contribution in [-0.2, 0) is 0 Å². The normalized spacial score (nSPS) is 15.1. The van der Waals surface area contributed by atoms with Crippen LogP contribution in [0.1, 0.15) is 35.2 Å². The van der Waals surface area contributed by atoms with Crippen molar-refractivity contribution in [2.75, 3.05) is 12.3 Å². The minimum Gasteiger partial charge on any atom is -0.398 e. The fourth-order valence-corrected chi connectivity index (χ4v) is 1.64. The summed E-state index contributed by atoms with van der Waals surface area (Å²) in [4.78, 5) is 11.8. The lowest BCUT2D eigenvalue weighted by molar-refractivity contribution is 0.0982. The molecule has 1 aromatic rings. The van der Waals surface area contributed by atoms with E-state index in [0.29, 0.717) is 18.2 Å². The van der Waals surface area contributed by atoms with Gasteiger partial charge >= 0.3 is 0 Å². The van der Waals surface area contributed by atoms with Crippen LogP contribution in [0.25, 0.3) is 0 Å². The van der Waals surface area contributed by atoms with Gasteiger partial charge < -0.3 is 11.1 Å². The number of nitrogen functional groups attached to an aromatic ring is 1. The standard InChI is InChI=1S/C13H18N2O/c1-9-2-3-10(8-12(9)14)13(16)6-7-15-11-4-5-11/h2-3,8,11,15H,4-7,14H2,1H3. The van der Waals surface area contributed by atoms with Crippen LogP contribution in [0.3, 0.4) is 0 Å². The first-order valence-corrected chi connectivity index (χ1v) is 5.79. The monoisotopic (exact) mass is 218 g/mol. The van der Waals surface area contributed by atoms with E-state index in [1.807, 2.05) is 19.1 Å². The van der Waals surface area contributed by atoms with Gasteiger partial charge in [0.05, 0.1) is 0 Å². The molecule has 3 heteroatoms. The van der Waals surface area contributed by atoms with Gasteiger partial charge in [0.25, 0.3) is 0 Å². The molecule has 3 nitrogen and oxygen atoms in total. The molecule has 0 amide bonds. The molecule has 0 bridgehead atoms. The third-order valence-electron chi connectivity index (χ3n) is 2.96. The summed E-state index contributed by atoms with van der Waals surface area (Å²) in [7, 11) is 0. The van der Waals surface area contributed by atoms with Crippen LogP contribution in [0, 0.1) is 6.92 Å². The number of Topliss-reactive ketones (excluding diaryl/α,β-unsaturated/α-hetero) is 1. The first-order valence-electron chi connectivity index (χ1n) is 5.79. The molecular weight excluding hydrogens is 200 g/mol. The molecule has 16 heavy (non-hydrogen) atoms. The highest BCUT2D eigenvalue weighted by atomic mass is 16.1. The topological polar surface area (TPSA) is 55.1 Å². The van der Waals surface area contributed by atoms with E-state index in [-0.39, 0.29) is 5.78 Å². The van der Waals surface area contributed by atoms with E-state index in [9.17, 15) is 4.79 Å². The maximum absolute atomic E-state index is 11.8. The quantitative estimate of drug-likeness (QED) is 0.586. The molecule has 1 aliphatic carbocycles. The summed E-state index contributed by atoms with van der Waals surface area (Å²) in [5, 5.41) is 3.33. The number of hydrogen-bond donors (Lipinski definition) is 2. The Bertz CT molecular complexity index is 397. The lowest BCUT2D eigenvalue weighted by Crippen LogP contribution is -2.20. The summed E-state index contributed by atoms with van der Waals surface area (Å²) in [5.41, 5.74) is 8.22. The maximum Gasteiger partial charge on any atom is 0.164 e. The predicted molar refractivity (Wildman–Crippen MR) is 65.6 cm³/mol. The Morgan fingerprint density at radius 1 is 1.50 bits per heavy atom. The highest BCUT2D eigenvalue weighted by Gasteiger charge is 2.20. The Kier molecular flexibility index (Phi) is 3.25. The Morgan fingerprint density at radius 2 is 2.25 bits per heavy atom. The second kappa shape index (κ2) is 4.66. The van der Waals surface area contributed by atoms with Crippen molar-refractivity contribution in [3.8, 4) is 0 Å². The molecule has 0 atom stereocenters. The molecule has 0 aliphatic heterocycles. The molecular formula is C13H18N2O. The van der Waals surface area contributed by atoms with Crippen molar-refractivity contribution in [3.05, 3.63) is 29.3 Å². The molecule has 0 unspecified atom stereocenters. The predicted octanol–water partition coefficient (Wildman–Crippen LogP) is 1.90. The van der Waals surface area contributed by atoms with E-state index in [1.165, 1.54) is 12.8 Å². The summed E-state index contributed by atoms with van der Waals surface area (Å²) >= 11 is 0. The maximum atomic E-state index is 11.8. The largest absolute Gasteiger partial charge is 0.398 e. The number of benzene rings is 1. The number of rotatable bonds is 5. The van der Waals surface area contributed by atoms with Gasteiger partial charge in [-0.05, 0) is 31.4 Å². The molecule has 3 N–H and O–H groups in total. The Balaban J connectivity index is 1.88. The third-order valence-corrected chi connectivity index (χ3v) is 2.96. The average molecular weight is 218 g/mol. The molecule has 0 saturated heterocycles. The number of carbonyl (C=O) groups is 1. The van der Waals surface area contributed by atoms with Gasteiger partial charge in [-0.1, -0.05) is 12.1 Å². The molecule has 1 aromatic carbocycles. The fourth-order valence-electron chi connectivity index (χ4n) is 1.64. The first kappa shape index (κ1) is 11.1. The minimum absolute atomic E-state index is 0.167. The van der Waals surface area contributed by atoms with E-state index in [4.69, 9.17) is 5.73 Å². The second-order valence-electron chi connectivity index (χ2n) is 4.47. The van der Waals surface area contributed by atoms with Gasteiger partial charge in [-0.3, -0.25) is 4.79 Å². The summed E-state index contributed by atoms with van der Waals surface area (Å²) in [5.74, 6) is 0.167. The van der Waals surface area contributed by atoms with Gasteiger partial charge in [-0.25, -0.2) is 0 Å². The molecule has 86 valence electrons. The molecule has 0 aromatic heterocycles. The minimum atomic E-state index is 0.167. The summed E-state index contributed by atoms with van der Waals surface area (Å²) in [6.07, 6.45) is 3.07. The van der Waals surface area contributed by atoms with Crippen LogP contribution in [0.15, 0.2) is 18.2 Å². The SMILES string of the molecule is Cc1ccc(C(=O)CCNC2CC2)cc1N. The highest BCUT2D eigenvalue weighted by molar-refractivity contribution is 5.97. The van der Waals surface area contributed by atoms with Gasteiger partial charge in [0.15, 0.2) is 5.78 Å². The fraction of sp³-hybridized carbons (Fsp3) is 0.462. The second-order valence-corrected chi connectivity index (χ2v) is 4.47. The first-order chi connectivity index (χ1) is 7.66. The van der Waals surface area contributed by atoms with Crippen LogP contribution < -0.4 is 11.1 Å². The van der Waals surface area contributed by atoms with Crippen LogP contribution in [-0.4, -0.2) is 18.4 Å². The van der Waals surface area contributed by atoms with Crippen LogP contribution in [0.2, 0.25) is 0 Å². The lowest BCUT2D eigenvalue weighted by atomic mass is 10.0.